The second-order valence-electron chi connectivity index (χ2n) is 2.82. The number of halogens is 1. The monoisotopic (exact) mass is 210 g/mol. The van der Waals surface area contributed by atoms with Crippen LogP contribution in [0.2, 0.25) is 5.02 Å². The topological polar surface area (TPSA) is 59.0 Å². The van der Waals surface area contributed by atoms with E-state index in [1.54, 1.807) is 25.3 Å². The molecule has 2 N–H and O–H groups in total. The maximum Gasteiger partial charge on any atom is 0.125 e. The number of ether oxygens (including phenoxy) is 1. The summed E-state index contributed by atoms with van der Waals surface area (Å²) >= 11 is 5.97. The van der Waals surface area contributed by atoms with Gasteiger partial charge in [-0.05, 0) is 12.1 Å². The van der Waals surface area contributed by atoms with Crippen LogP contribution in [-0.2, 0) is 0 Å². The Balaban J connectivity index is 3.11. The zero-order valence-corrected chi connectivity index (χ0v) is 8.58. The van der Waals surface area contributed by atoms with Crippen molar-refractivity contribution in [3.05, 3.63) is 28.8 Å². The second kappa shape index (κ2) is 4.85. The first-order valence-corrected chi connectivity index (χ1v) is 4.53. The minimum atomic E-state index is -0.399. The fraction of sp³-hybridized carbons (Fsp3) is 0.300. The number of rotatable bonds is 3. The molecule has 14 heavy (non-hydrogen) atoms. The van der Waals surface area contributed by atoms with Gasteiger partial charge in [0.1, 0.15) is 5.75 Å². The maximum absolute atomic E-state index is 8.54. The number of methoxy groups -OCH3 is 1. The van der Waals surface area contributed by atoms with E-state index >= 15 is 0 Å². The zero-order chi connectivity index (χ0) is 10.6. The Bertz CT molecular complexity index is 360. The minimum absolute atomic E-state index is 0.222. The Kier molecular flexibility index (Phi) is 3.75. The molecule has 3 nitrogen and oxygen atoms in total. The minimum Gasteiger partial charge on any atom is -0.496 e. The van der Waals surface area contributed by atoms with Gasteiger partial charge in [-0.15, -0.1) is 0 Å². The van der Waals surface area contributed by atoms with Crippen molar-refractivity contribution in [1.82, 2.24) is 0 Å². The molecule has 0 aliphatic carbocycles. The van der Waals surface area contributed by atoms with E-state index in [0.29, 0.717) is 16.3 Å². The molecule has 0 spiro atoms. The first-order valence-electron chi connectivity index (χ1n) is 4.15. The Morgan fingerprint density at radius 1 is 1.64 bits per heavy atom. The van der Waals surface area contributed by atoms with Gasteiger partial charge in [0.05, 0.1) is 19.6 Å². The largest absolute Gasteiger partial charge is 0.496 e. The normalized spacial score (nSPS) is 11.9. The molecule has 0 heterocycles. The molecule has 1 atom stereocenters. The van der Waals surface area contributed by atoms with Crippen molar-refractivity contribution in [2.45, 2.75) is 12.5 Å². The van der Waals surface area contributed by atoms with Crippen molar-refractivity contribution < 1.29 is 4.74 Å². The summed E-state index contributed by atoms with van der Waals surface area (Å²) in [6.07, 6.45) is 0.222. The molecule has 0 bridgehead atoms. The molecule has 0 saturated carbocycles. The zero-order valence-electron chi connectivity index (χ0n) is 7.83. The van der Waals surface area contributed by atoms with E-state index in [9.17, 15) is 0 Å². The lowest BCUT2D eigenvalue weighted by atomic mass is 10.0. The molecule has 0 radical (unpaired) electrons. The lowest BCUT2D eigenvalue weighted by Gasteiger charge is -2.14. The van der Waals surface area contributed by atoms with Crippen LogP contribution in [0.15, 0.2) is 18.2 Å². The van der Waals surface area contributed by atoms with Gasteiger partial charge in [0.2, 0.25) is 0 Å². The van der Waals surface area contributed by atoms with Gasteiger partial charge in [0.25, 0.3) is 0 Å². The van der Waals surface area contributed by atoms with Crippen LogP contribution in [0.3, 0.4) is 0 Å². The maximum atomic E-state index is 8.54. The van der Waals surface area contributed by atoms with E-state index in [1.807, 2.05) is 6.07 Å². The van der Waals surface area contributed by atoms with E-state index in [0.717, 1.165) is 0 Å². The van der Waals surface area contributed by atoms with Gasteiger partial charge < -0.3 is 10.5 Å². The van der Waals surface area contributed by atoms with Crippen molar-refractivity contribution in [3.63, 3.8) is 0 Å². The number of hydrogen-bond donors (Lipinski definition) is 1. The molecule has 0 saturated heterocycles. The number of nitriles is 1. The van der Waals surface area contributed by atoms with Crippen molar-refractivity contribution in [3.8, 4) is 11.8 Å². The van der Waals surface area contributed by atoms with Crippen molar-refractivity contribution in [1.29, 1.82) is 5.26 Å². The molecule has 1 unspecified atom stereocenters. The summed E-state index contributed by atoms with van der Waals surface area (Å²) in [5, 5.41) is 9.07. The SMILES string of the molecule is COc1cccc(Cl)c1C(N)CC#N. The third-order valence-corrected chi connectivity index (χ3v) is 2.24. The van der Waals surface area contributed by atoms with Gasteiger partial charge in [0, 0.05) is 16.6 Å². The van der Waals surface area contributed by atoms with Crippen LogP contribution in [0.5, 0.6) is 5.75 Å². The van der Waals surface area contributed by atoms with Crippen molar-refractivity contribution in [2.75, 3.05) is 7.11 Å². The van der Waals surface area contributed by atoms with Crippen LogP contribution in [0, 0.1) is 11.3 Å². The van der Waals surface area contributed by atoms with E-state index in [-0.39, 0.29) is 6.42 Å². The highest BCUT2D eigenvalue weighted by Gasteiger charge is 2.14. The van der Waals surface area contributed by atoms with Gasteiger partial charge in [-0.3, -0.25) is 0 Å². The van der Waals surface area contributed by atoms with E-state index in [2.05, 4.69) is 0 Å². The third-order valence-electron chi connectivity index (χ3n) is 1.91. The Hall–Kier alpha value is -1.24. The molecule has 0 aliphatic heterocycles. The standard InChI is InChI=1S/C10H11ClN2O/c1-14-9-4-2-3-7(11)10(9)8(13)5-6-12/h2-4,8H,5,13H2,1H3. The van der Waals surface area contributed by atoms with Gasteiger partial charge in [0.15, 0.2) is 0 Å². The number of benzene rings is 1. The van der Waals surface area contributed by atoms with Crippen LogP contribution < -0.4 is 10.5 Å². The predicted octanol–water partition coefficient (Wildman–Crippen LogP) is 2.26. The molecule has 0 fully saturated rings. The highest BCUT2D eigenvalue weighted by Crippen LogP contribution is 2.31. The van der Waals surface area contributed by atoms with Crippen LogP contribution in [0.25, 0.3) is 0 Å². The van der Waals surface area contributed by atoms with E-state index < -0.39 is 6.04 Å². The lowest BCUT2D eigenvalue weighted by molar-refractivity contribution is 0.406. The number of nitrogens with zero attached hydrogens (tertiary/aromatic N) is 1. The highest BCUT2D eigenvalue weighted by atomic mass is 35.5. The molecule has 4 heteroatoms. The van der Waals surface area contributed by atoms with Gasteiger partial charge in [-0.2, -0.15) is 5.26 Å². The Morgan fingerprint density at radius 2 is 2.36 bits per heavy atom. The molecule has 1 aromatic rings. The Labute approximate surface area is 88.0 Å². The van der Waals surface area contributed by atoms with Crippen molar-refractivity contribution in [2.24, 2.45) is 5.73 Å². The van der Waals surface area contributed by atoms with Crippen LogP contribution >= 0.6 is 11.6 Å². The fourth-order valence-electron chi connectivity index (χ4n) is 1.26. The number of hydrogen-bond acceptors (Lipinski definition) is 3. The number of nitrogens with two attached hydrogens (primary N) is 1. The van der Waals surface area contributed by atoms with Crippen LogP contribution in [-0.4, -0.2) is 7.11 Å². The fourth-order valence-corrected chi connectivity index (χ4v) is 1.56. The average Bonchev–Trinajstić information content (AvgIpc) is 2.17. The van der Waals surface area contributed by atoms with Gasteiger partial charge in [-0.25, -0.2) is 0 Å². The summed E-state index contributed by atoms with van der Waals surface area (Å²) in [5.74, 6) is 0.625. The molecular weight excluding hydrogens is 200 g/mol. The van der Waals surface area contributed by atoms with E-state index in [4.69, 9.17) is 27.3 Å². The summed E-state index contributed by atoms with van der Waals surface area (Å²) in [6.45, 7) is 0. The smallest absolute Gasteiger partial charge is 0.125 e. The summed E-state index contributed by atoms with van der Waals surface area (Å²) < 4.78 is 5.12. The van der Waals surface area contributed by atoms with Crippen LogP contribution in [0.1, 0.15) is 18.0 Å². The average molecular weight is 211 g/mol. The van der Waals surface area contributed by atoms with E-state index in [1.165, 1.54) is 0 Å². The summed E-state index contributed by atoms with van der Waals surface area (Å²) in [7, 11) is 1.55. The molecule has 1 aromatic carbocycles. The lowest BCUT2D eigenvalue weighted by Crippen LogP contribution is -2.11. The Morgan fingerprint density at radius 3 is 2.93 bits per heavy atom. The van der Waals surface area contributed by atoms with Gasteiger partial charge in [-0.1, -0.05) is 17.7 Å². The van der Waals surface area contributed by atoms with Crippen LogP contribution in [0.4, 0.5) is 0 Å². The molecule has 74 valence electrons. The first-order chi connectivity index (χ1) is 6.70. The molecule has 1 rings (SSSR count). The third kappa shape index (κ3) is 2.16. The summed E-state index contributed by atoms with van der Waals surface area (Å²) in [4.78, 5) is 0. The highest BCUT2D eigenvalue weighted by molar-refractivity contribution is 6.31. The first kappa shape index (κ1) is 10.8. The second-order valence-corrected chi connectivity index (χ2v) is 3.23. The predicted molar refractivity (Wildman–Crippen MR) is 55.2 cm³/mol. The quantitative estimate of drug-likeness (QED) is 0.833. The van der Waals surface area contributed by atoms with Gasteiger partial charge >= 0.3 is 0 Å². The molecule has 0 aromatic heterocycles. The summed E-state index contributed by atoms with van der Waals surface area (Å²) in [6, 6.07) is 6.90. The molecular formula is C10H11ClN2O. The van der Waals surface area contributed by atoms with Crippen molar-refractivity contribution >= 4 is 11.6 Å². The molecule has 0 amide bonds. The molecule has 0 aliphatic rings. The summed E-state index contributed by atoms with van der Waals surface area (Å²) in [5.41, 5.74) is 6.49.